The standard InChI is InChI=1S/C27H24BrClN4O4/c1-2-3-13-37-22-10-8-20(9-11-22)30-26(35)27(36)32-33-23-12-7-18(28)14-17(23)15-24(33)25(34)31-21-6-4-5-19(29)16-21/h4-12,14-16H,2-3,13H2,1H3,(H,30,35)(H,31,34)(H,32,36). The normalized spacial score (nSPS) is 10.7. The number of hydrogen-bond donors (Lipinski definition) is 3. The van der Waals surface area contributed by atoms with E-state index in [1.165, 1.54) is 4.68 Å². The third kappa shape index (κ3) is 6.69. The third-order valence-corrected chi connectivity index (χ3v) is 6.11. The smallest absolute Gasteiger partial charge is 0.328 e. The number of nitrogens with zero attached hydrogens (tertiary/aromatic N) is 1. The largest absolute Gasteiger partial charge is 0.494 e. The summed E-state index contributed by atoms with van der Waals surface area (Å²) in [6.07, 6.45) is 1.98. The number of carbonyl (C=O) groups is 3. The maximum Gasteiger partial charge on any atom is 0.328 e. The first-order chi connectivity index (χ1) is 17.8. The van der Waals surface area contributed by atoms with E-state index in [1.807, 2.05) is 0 Å². The number of halogens is 2. The SMILES string of the molecule is CCCCOc1ccc(NC(=O)C(=O)Nn2c(C(=O)Nc3cccc(Cl)c3)cc3cc(Br)ccc32)cc1. The number of fused-ring (bicyclic) bond motifs is 1. The van der Waals surface area contributed by atoms with Gasteiger partial charge in [0, 0.05) is 26.3 Å². The minimum Gasteiger partial charge on any atom is -0.494 e. The molecule has 0 aliphatic heterocycles. The van der Waals surface area contributed by atoms with Crippen molar-refractivity contribution < 1.29 is 19.1 Å². The lowest BCUT2D eigenvalue weighted by Gasteiger charge is -2.13. The van der Waals surface area contributed by atoms with Crippen molar-refractivity contribution in [2.45, 2.75) is 19.8 Å². The van der Waals surface area contributed by atoms with Crippen LogP contribution < -0.4 is 20.8 Å². The molecule has 0 aliphatic rings. The molecule has 0 saturated heterocycles. The number of aromatic nitrogens is 1. The molecule has 0 unspecified atom stereocenters. The highest BCUT2D eigenvalue weighted by atomic mass is 79.9. The van der Waals surface area contributed by atoms with Gasteiger partial charge in [0.2, 0.25) is 0 Å². The molecule has 0 radical (unpaired) electrons. The highest BCUT2D eigenvalue weighted by Crippen LogP contribution is 2.24. The average Bonchev–Trinajstić information content (AvgIpc) is 3.22. The lowest BCUT2D eigenvalue weighted by atomic mass is 10.2. The molecule has 10 heteroatoms. The van der Waals surface area contributed by atoms with Crippen LogP contribution in [0.2, 0.25) is 5.02 Å². The minimum absolute atomic E-state index is 0.128. The Balaban J connectivity index is 1.52. The second-order valence-electron chi connectivity index (χ2n) is 8.15. The second kappa shape index (κ2) is 11.9. The Kier molecular flexibility index (Phi) is 8.47. The van der Waals surface area contributed by atoms with Crippen molar-refractivity contribution in [3.63, 3.8) is 0 Å². The summed E-state index contributed by atoms with van der Waals surface area (Å²) in [5, 5.41) is 6.47. The van der Waals surface area contributed by atoms with Crippen LogP contribution in [0.1, 0.15) is 30.3 Å². The molecular weight excluding hydrogens is 560 g/mol. The van der Waals surface area contributed by atoms with Crippen LogP contribution in [0.3, 0.4) is 0 Å². The predicted molar refractivity (Wildman–Crippen MR) is 149 cm³/mol. The Hall–Kier alpha value is -3.82. The zero-order chi connectivity index (χ0) is 26.4. The van der Waals surface area contributed by atoms with Crippen LogP contribution in [0.4, 0.5) is 11.4 Å². The summed E-state index contributed by atoms with van der Waals surface area (Å²) in [6.45, 7) is 2.69. The number of hydrogen-bond acceptors (Lipinski definition) is 4. The van der Waals surface area contributed by atoms with Gasteiger partial charge in [0.25, 0.3) is 5.91 Å². The molecule has 37 heavy (non-hydrogen) atoms. The first-order valence-electron chi connectivity index (χ1n) is 11.6. The van der Waals surface area contributed by atoms with Crippen LogP contribution >= 0.6 is 27.5 Å². The van der Waals surface area contributed by atoms with E-state index in [-0.39, 0.29) is 5.69 Å². The Morgan fingerprint density at radius 2 is 1.70 bits per heavy atom. The van der Waals surface area contributed by atoms with Crippen LogP contribution in [0.5, 0.6) is 5.75 Å². The van der Waals surface area contributed by atoms with Crippen LogP contribution in [0.25, 0.3) is 10.9 Å². The van der Waals surface area contributed by atoms with Gasteiger partial charge in [-0.25, -0.2) is 4.68 Å². The van der Waals surface area contributed by atoms with Gasteiger partial charge in [-0.1, -0.05) is 46.9 Å². The van der Waals surface area contributed by atoms with Gasteiger partial charge in [0.15, 0.2) is 0 Å². The molecule has 0 bridgehead atoms. The van der Waals surface area contributed by atoms with E-state index in [0.717, 1.165) is 17.3 Å². The Labute approximate surface area is 227 Å². The van der Waals surface area contributed by atoms with Gasteiger partial charge in [-0.15, -0.1) is 0 Å². The fourth-order valence-electron chi connectivity index (χ4n) is 3.54. The monoisotopic (exact) mass is 582 g/mol. The lowest BCUT2D eigenvalue weighted by Crippen LogP contribution is -2.36. The average molecular weight is 584 g/mol. The topological polar surface area (TPSA) is 101 Å². The van der Waals surface area contributed by atoms with Crippen molar-refractivity contribution in [2.75, 3.05) is 22.7 Å². The van der Waals surface area contributed by atoms with Crippen molar-refractivity contribution in [3.8, 4) is 5.75 Å². The molecule has 8 nitrogen and oxygen atoms in total. The van der Waals surface area contributed by atoms with Crippen LogP contribution in [0, 0.1) is 0 Å². The van der Waals surface area contributed by atoms with Crippen LogP contribution in [-0.2, 0) is 9.59 Å². The summed E-state index contributed by atoms with van der Waals surface area (Å²) in [5.41, 5.74) is 4.12. The van der Waals surface area contributed by atoms with Gasteiger partial charge in [0.05, 0.1) is 12.1 Å². The zero-order valence-electron chi connectivity index (χ0n) is 19.9. The summed E-state index contributed by atoms with van der Waals surface area (Å²) in [7, 11) is 0. The van der Waals surface area contributed by atoms with Crippen LogP contribution in [-0.4, -0.2) is 29.0 Å². The van der Waals surface area contributed by atoms with Crippen molar-refractivity contribution >= 4 is 67.5 Å². The second-order valence-corrected chi connectivity index (χ2v) is 9.51. The van der Waals surface area contributed by atoms with Crippen LogP contribution in [0.15, 0.2) is 77.3 Å². The van der Waals surface area contributed by atoms with Gasteiger partial charge < -0.3 is 15.4 Å². The van der Waals surface area contributed by atoms with Gasteiger partial charge >= 0.3 is 11.8 Å². The lowest BCUT2D eigenvalue weighted by molar-refractivity contribution is -0.133. The number of rotatable bonds is 8. The van der Waals surface area contributed by atoms with Crippen molar-refractivity contribution in [1.29, 1.82) is 0 Å². The summed E-state index contributed by atoms with van der Waals surface area (Å²) >= 11 is 9.44. The minimum atomic E-state index is -0.944. The number of carbonyl (C=O) groups excluding carboxylic acids is 3. The van der Waals surface area contributed by atoms with E-state index >= 15 is 0 Å². The van der Waals surface area contributed by atoms with Gasteiger partial charge in [-0.3, -0.25) is 19.8 Å². The Bertz CT molecular complexity index is 1450. The maximum absolute atomic E-state index is 13.1. The van der Waals surface area contributed by atoms with Crippen molar-refractivity contribution in [3.05, 3.63) is 88.0 Å². The number of benzene rings is 3. The fourth-order valence-corrected chi connectivity index (χ4v) is 4.11. The van der Waals surface area contributed by atoms with E-state index in [9.17, 15) is 14.4 Å². The molecule has 1 aromatic heterocycles. The number of anilines is 2. The quantitative estimate of drug-likeness (QED) is 0.170. The third-order valence-electron chi connectivity index (χ3n) is 5.38. The van der Waals surface area contributed by atoms with Crippen molar-refractivity contribution in [1.82, 2.24) is 4.68 Å². The first-order valence-corrected chi connectivity index (χ1v) is 12.7. The molecule has 0 saturated carbocycles. The zero-order valence-corrected chi connectivity index (χ0v) is 22.2. The van der Waals surface area contributed by atoms with Gasteiger partial charge in [-0.2, -0.15) is 0 Å². The van der Waals surface area contributed by atoms with E-state index < -0.39 is 17.7 Å². The Morgan fingerprint density at radius 3 is 2.43 bits per heavy atom. The molecule has 0 fully saturated rings. The molecule has 3 N–H and O–H groups in total. The predicted octanol–water partition coefficient (Wildman–Crippen LogP) is 6.20. The number of amides is 3. The summed E-state index contributed by atoms with van der Waals surface area (Å²) < 4.78 is 7.70. The number of unbranched alkanes of at least 4 members (excludes halogenated alkanes) is 1. The maximum atomic E-state index is 13.1. The van der Waals surface area contributed by atoms with E-state index in [4.69, 9.17) is 16.3 Å². The number of nitrogens with one attached hydrogen (secondary N) is 3. The van der Waals surface area contributed by atoms with Gasteiger partial charge in [0.1, 0.15) is 11.4 Å². The number of ether oxygens (including phenoxy) is 1. The molecule has 0 spiro atoms. The van der Waals surface area contributed by atoms with Gasteiger partial charge in [-0.05, 0) is 73.2 Å². The molecular formula is C27H24BrClN4O4. The molecule has 4 aromatic rings. The first kappa shape index (κ1) is 26.2. The molecule has 190 valence electrons. The fraction of sp³-hybridized carbons (Fsp3) is 0.148. The van der Waals surface area contributed by atoms with Crippen molar-refractivity contribution in [2.24, 2.45) is 0 Å². The van der Waals surface area contributed by atoms with E-state index in [1.54, 1.807) is 72.8 Å². The molecule has 0 atom stereocenters. The molecule has 3 amide bonds. The van der Waals surface area contributed by atoms with E-state index in [2.05, 4.69) is 38.9 Å². The van der Waals surface area contributed by atoms with E-state index in [0.29, 0.717) is 39.7 Å². The summed E-state index contributed by atoms with van der Waals surface area (Å²) in [6, 6.07) is 20.4. The molecule has 1 heterocycles. The summed E-state index contributed by atoms with van der Waals surface area (Å²) in [4.78, 5) is 38.6. The molecule has 3 aromatic carbocycles. The molecule has 0 aliphatic carbocycles. The molecule has 4 rings (SSSR count). The highest BCUT2D eigenvalue weighted by molar-refractivity contribution is 9.10. The summed E-state index contributed by atoms with van der Waals surface area (Å²) in [5.74, 6) is -1.65. The highest BCUT2D eigenvalue weighted by Gasteiger charge is 2.21. The Morgan fingerprint density at radius 1 is 0.919 bits per heavy atom.